The smallest absolute Gasteiger partial charge is 0.276 e. The van der Waals surface area contributed by atoms with Crippen molar-refractivity contribution in [2.45, 2.75) is 31.8 Å². The van der Waals surface area contributed by atoms with Gasteiger partial charge in [0.15, 0.2) is 5.69 Å². The van der Waals surface area contributed by atoms with Gasteiger partial charge in [0.05, 0.1) is 18.8 Å². The van der Waals surface area contributed by atoms with Crippen LogP contribution in [0.1, 0.15) is 46.1 Å². The summed E-state index contributed by atoms with van der Waals surface area (Å²) in [6.45, 7) is 0.549. The van der Waals surface area contributed by atoms with Crippen LogP contribution in [-0.2, 0) is 13.0 Å². The summed E-state index contributed by atoms with van der Waals surface area (Å²) in [6, 6.07) is 16.0. The highest BCUT2D eigenvalue weighted by molar-refractivity contribution is 6.30. The minimum atomic E-state index is -0.0981. The molecule has 4 rings (SSSR count). The lowest BCUT2D eigenvalue weighted by molar-refractivity contribution is 0.0709. The van der Waals surface area contributed by atoms with E-state index in [2.05, 4.69) is 28.5 Å². The second-order valence-corrected chi connectivity index (χ2v) is 7.39. The van der Waals surface area contributed by atoms with Gasteiger partial charge < -0.3 is 4.90 Å². The van der Waals surface area contributed by atoms with Crippen LogP contribution in [0.2, 0.25) is 5.02 Å². The Bertz CT molecular complexity index is 951. The molecule has 5 nitrogen and oxygen atoms in total. The molecule has 1 unspecified atom stereocenters. The first-order valence-corrected chi connectivity index (χ1v) is 9.49. The van der Waals surface area contributed by atoms with E-state index >= 15 is 0 Å². The van der Waals surface area contributed by atoms with Crippen molar-refractivity contribution in [2.24, 2.45) is 0 Å². The molecular formula is C21H21ClN4O. The van der Waals surface area contributed by atoms with Gasteiger partial charge >= 0.3 is 0 Å². The fourth-order valence-electron chi connectivity index (χ4n) is 3.70. The molecule has 0 fully saturated rings. The summed E-state index contributed by atoms with van der Waals surface area (Å²) < 4.78 is 1.68. The molecule has 0 saturated heterocycles. The van der Waals surface area contributed by atoms with E-state index in [4.69, 9.17) is 11.6 Å². The van der Waals surface area contributed by atoms with Gasteiger partial charge in [-0.05, 0) is 48.1 Å². The van der Waals surface area contributed by atoms with Gasteiger partial charge in [0, 0.05) is 12.1 Å². The van der Waals surface area contributed by atoms with E-state index in [0.717, 1.165) is 24.8 Å². The van der Waals surface area contributed by atoms with Gasteiger partial charge in [0.25, 0.3) is 5.91 Å². The van der Waals surface area contributed by atoms with Crippen molar-refractivity contribution >= 4 is 17.5 Å². The third-order valence-electron chi connectivity index (χ3n) is 5.14. The van der Waals surface area contributed by atoms with Crippen LogP contribution in [0, 0.1) is 0 Å². The van der Waals surface area contributed by atoms with Crippen LogP contribution in [0.4, 0.5) is 0 Å². The molecule has 0 aliphatic heterocycles. The first-order chi connectivity index (χ1) is 13.1. The lowest BCUT2D eigenvalue weighted by Gasteiger charge is -2.32. The topological polar surface area (TPSA) is 51.0 Å². The van der Waals surface area contributed by atoms with Crippen molar-refractivity contribution < 1.29 is 4.79 Å². The van der Waals surface area contributed by atoms with Crippen molar-refractivity contribution in [1.29, 1.82) is 0 Å². The average Bonchev–Trinajstić information content (AvgIpc) is 3.16. The molecule has 1 heterocycles. The molecule has 0 bridgehead atoms. The minimum Gasteiger partial charge on any atom is -0.333 e. The Kier molecular flexibility index (Phi) is 4.94. The Morgan fingerprint density at radius 3 is 2.81 bits per heavy atom. The molecule has 2 aromatic carbocycles. The van der Waals surface area contributed by atoms with Crippen LogP contribution in [-0.4, -0.2) is 32.8 Å². The number of carbonyl (C=O) groups is 1. The van der Waals surface area contributed by atoms with Gasteiger partial charge in [0.2, 0.25) is 0 Å². The standard InChI is InChI=1S/C21H21ClN4O/c1-25(20-8-4-6-16-5-2-3-7-18(16)20)21(27)19-14-26(24-23-19)13-15-9-11-17(22)12-10-15/h2-3,5,7,9-12,14,20H,4,6,8,13H2,1H3. The fraction of sp³-hybridized carbons (Fsp3) is 0.286. The highest BCUT2D eigenvalue weighted by Gasteiger charge is 2.28. The Balaban J connectivity index is 1.50. The van der Waals surface area contributed by atoms with E-state index in [1.165, 1.54) is 11.1 Å². The van der Waals surface area contributed by atoms with Gasteiger partial charge in [-0.25, -0.2) is 4.68 Å². The van der Waals surface area contributed by atoms with Crippen LogP contribution >= 0.6 is 11.6 Å². The monoisotopic (exact) mass is 380 g/mol. The largest absolute Gasteiger partial charge is 0.333 e. The van der Waals surface area contributed by atoms with Crippen molar-refractivity contribution in [2.75, 3.05) is 7.05 Å². The summed E-state index contributed by atoms with van der Waals surface area (Å²) >= 11 is 5.92. The molecule has 1 aliphatic carbocycles. The number of rotatable bonds is 4. The van der Waals surface area contributed by atoms with Crippen LogP contribution in [0.5, 0.6) is 0 Å². The normalized spacial score (nSPS) is 16.0. The maximum Gasteiger partial charge on any atom is 0.276 e. The van der Waals surface area contributed by atoms with Crippen LogP contribution in [0.15, 0.2) is 54.7 Å². The predicted octanol–water partition coefficient (Wildman–Crippen LogP) is 4.13. The Labute approximate surface area is 163 Å². The van der Waals surface area contributed by atoms with Gasteiger partial charge in [-0.1, -0.05) is 53.2 Å². The van der Waals surface area contributed by atoms with E-state index in [0.29, 0.717) is 17.3 Å². The number of aryl methyl sites for hydroxylation is 1. The summed E-state index contributed by atoms with van der Waals surface area (Å²) in [7, 11) is 1.85. The number of aromatic nitrogens is 3. The van der Waals surface area contributed by atoms with E-state index < -0.39 is 0 Å². The zero-order valence-electron chi connectivity index (χ0n) is 15.2. The van der Waals surface area contributed by atoms with Gasteiger partial charge in [-0.3, -0.25) is 4.79 Å². The number of amides is 1. The molecule has 6 heteroatoms. The van der Waals surface area contributed by atoms with Crippen molar-refractivity contribution in [1.82, 2.24) is 19.9 Å². The van der Waals surface area contributed by atoms with Crippen LogP contribution in [0.25, 0.3) is 0 Å². The Morgan fingerprint density at radius 1 is 1.22 bits per heavy atom. The molecule has 1 atom stereocenters. The quantitative estimate of drug-likeness (QED) is 0.683. The molecule has 27 heavy (non-hydrogen) atoms. The number of nitrogens with zero attached hydrogens (tertiary/aromatic N) is 4. The van der Waals surface area contributed by atoms with Gasteiger partial charge in [-0.15, -0.1) is 5.10 Å². The summed E-state index contributed by atoms with van der Waals surface area (Å²) in [5.41, 5.74) is 4.00. The first kappa shape index (κ1) is 17.7. The average molecular weight is 381 g/mol. The van der Waals surface area contributed by atoms with E-state index in [1.807, 2.05) is 37.4 Å². The van der Waals surface area contributed by atoms with Crippen molar-refractivity contribution in [3.8, 4) is 0 Å². The predicted molar refractivity (Wildman–Crippen MR) is 105 cm³/mol. The maximum atomic E-state index is 13.0. The second kappa shape index (κ2) is 7.53. The number of benzene rings is 2. The zero-order chi connectivity index (χ0) is 18.8. The number of hydrogen-bond donors (Lipinski definition) is 0. The van der Waals surface area contributed by atoms with Gasteiger partial charge in [-0.2, -0.15) is 0 Å². The lowest BCUT2D eigenvalue weighted by atomic mass is 9.87. The third kappa shape index (κ3) is 3.74. The maximum absolute atomic E-state index is 13.0. The molecule has 1 aromatic heterocycles. The van der Waals surface area contributed by atoms with E-state index in [-0.39, 0.29) is 11.9 Å². The number of fused-ring (bicyclic) bond motifs is 1. The van der Waals surface area contributed by atoms with E-state index in [1.54, 1.807) is 15.8 Å². The lowest BCUT2D eigenvalue weighted by Crippen LogP contribution is -2.33. The summed E-state index contributed by atoms with van der Waals surface area (Å²) in [5, 5.41) is 8.91. The highest BCUT2D eigenvalue weighted by atomic mass is 35.5. The Morgan fingerprint density at radius 2 is 2.00 bits per heavy atom. The molecule has 3 aromatic rings. The molecule has 0 N–H and O–H groups in total. The summed E-state index contributed by atoms with van der Waals surface area (Å²) in [6.07, 6.45) is 4.84. The second-order valence-electron chi connectivity index (χ2n) is 6.95. The molecule has 0 spiro atoms. The SMILES string of the molecule is CN(C(=O)c1cn(Cc2ccc(Cl)cc2)nn1)C1CCCc2ccccc21. The van der Waals surface area contributed by atoms with Gasteiger partial charge in [0.1, 0.15) is 0 Å². The minimum absolute atomic E-state index is 0.0869. The molecule has 138 valence electrons. The third-order valence-corrected chi connectivity index (χ3v) is 5.39. The van der Waals surface area contributed by atoms with Crippen LogP contribution in [0.3, 0.4) is 0 Å². The molecule has 0 saturated carbocycles. The number of carbonyl (C=O) groups excluding carboxylic acids is 1. The fourth-order valence-corrected chi connectivity index (χ4v) is 3.83. The van der Waals surface area contributed by atoms with E-state index in [9.17, 15) is 4.79 Å². The van der Waals surface area contributed by atoms with Crippen molar-refractivity contribution in [3.05, 3.63) is 82.1 Å². The molecule has 0 radical (unpaired) electrons. The highest BCUT2D eigenvalue weighted by Crippen LogP contribution is 2.33. The number of hydrogen-bond acceptors (Lipinski definition) is 3. The zero-order valence-corrected chi connectivity index (χ0v) is 15.9. The molecule has 1 aliphatic rings. The summed E-state index contributed by atoms with van der Waals surface area (Å²) in [5.74, 6) is -0.0981. The summed E-state index contributed by atoms with van der Waals surface area (Å²) in [4.78, 5) is 14.8. The first-order valence-electron chi connectivity index (χ1n) is 9.11. The number of halogens is 1. The van der Waals surface area contributed by atoms with Crippen molar-refractivity contribution in [3.63, 3.8) is 0 Å². The molecular weight excluding hydrogens is 360 g/mol. The Hall–Kier alpha value is -2.66. The van der Waals surface area contributed by atoms with Crippen LogP contribution < -0.4 is 0 Å². The molecule has 1 amide bonds.